The van der Waals surface area contributed by atoms with Gasteiger partial charge in [-0.05, 0) is 19.1 Å². The Morgan fingerprint density at radius 1 is 1.38 bits per heavy atom. The van der Waals surface area contributed by atoms with E-state index in [1.165, 1.54) is 6.07 Å². The highest BCUT2D eigenvalue weighted by Gasteiger charge is 2.25. The van der Waals surface area contributed by atoms with E-state index in [1.54, 1.807) is 4.68 Å². The molecule has 0 amide bonds. The fourth-order valence-corrected chi connectivity index (χ4v) is 2.96. The van der Waals surface area contributed by atoms with Crippen LogP contribution < -0.4 is 10.1 Å². The number of hydrogen-bond donors (Lipinski definition) is 1. The fourth-order valence-electron chi connectivity index (χ4n) is 2.96. The normalized spacial score (nSPS) is 17.0. The van der Waals surface area contributed by atoms with E-state index in [0.29, 0.717) is 19.7 Å². The van der Waals surface area contributed by atoms with E-state index < -0.39 is 11.6 Å². The molecule has 2 aromatic rings. The quantitative estimate of drug-likeness (QED) is 0.274. The Hall–Kier alpha value is -1.95. The smallest absolute Gasteiger partial charge is 0.194 e. The monoisotopic (exact) mass is 521 g/mol. The summed E-state index contributed by atoms with van der Waals surface area (Å²) in [5, 5.41) is 7.48. The van der Waals surface area contributed by atoms with Crippen molar-refractivity contribution in [1.29, 1.82) is 0 Å². The minimum atomic E-state index is -0.927. The minimum Gasteiger partial charge on any atom is -0.492 e. The Morgan fingerprint density at radius 3 is 2.90 bits per heavy atom. The number of nitrogens with zero attached hydrogens (tertiary/aromatic N) is 4. The zero-order chi connectivity index (χ0) is 19.9. The molecule has 160 valence electrons. The molecule has 0 bridgehead atoms. The van der Waals surface area contributed by atoms with Gasteiger partial charge in [0.05, 0.1) is 25.9 Å². The first-order valence-corrected chi connectivity index (χ1v) is 9.28. The van der Waals surface area contributed by atoms with Crippen LogP contribution in [0.4, 0.5) is 8.78 Å². The summed E-state index contributed by atoms with van der Waals surface area (Å²) in [6.45, 7) is 5.38. The second kappa shape index (κ2) is 11.3. The lowest BCUT2D eigenvalue weighted by Gasteiger charge is -2.34. The maximum absolute atomic E-state index is 13.2. The molecule has 0 spiro atoms. The van der Waals surface area contributed by atoms with Crippen molar-refractivity contribution in [3.8, 4) is 5.75 Å². The van der Waals surface area contributed by atoms with E-state index >= 15 is 0 Å². The van der Waals surface area contributed by atoms with Gasteiger partial charge in [0.2, 0.25) is 0 Å². The average Bonchev–Trinajstić information content (AvgIpc) is 3.13. The van der Waals surface area contributed by atoms with Crippen molar-refractivity contribution in [1.82, 2.24) is 20.0 Å². The van der Waals surface area contributed by atoms with Gasteiger partial charge >= 0.3 is 0 Å². The third-order valence-electron chi connectivity index (χ3n) is 4.31. The predicted molar refractivity (Wildman–Crippen MR) is 117 cm³/mol. The number of guanidine groups is 1. The number of rotatable bonds is 6. The third-order valence-corrected chi connectivity index (χ3v) is 4.31. The summed E-state index contributed by atoms with van der Waals surface area (Å²) in [4.78, 5) is 6.73. The van der Waals surface area contributed by atoms with Crippen molar-refractivity contribution < 1.29 is 18.3 Å². The van der Waals surface area contributed by atoms with Crippen LogP contribution in [0.1, 0.15) is 18.6 Å². The first-order chi connectivity index (χ1) is 13.6. The summed E-state index contributed by atoms with van der Waals surface area (Å²) in [5.41, 5.74) is 1.03. The molecule has 3 rings (SSSR count). The Bertz CT molecular complexity index is 818. The van der Waals surface area contributed by atoms with Crippen molar-refractivity contribution >= 4 is 29.9 Å². The SMILES string of the molecule is CCNC(=NCCOc1ccc(F)c(F)c1)N1CCOC(c2cnn(C)c2)C1.I. The first kappa shape index (κ1) is 23.3. The van der Waals surface area contributed by atoms with Crippen molar-refractivity contribution in [3.63, 3.8) is 0 Å². The average molecular weight is 521 g/mol. The molecule has 10 heteroatoms. The van der Waals surface area contributed by atoms with Gasteiger partial charge in [-0.1, -0.05) is 0 Å². The van der Waals surface area contributed by atoms with Gasteiger partial charge in [-0.3, -0.25) is 4.68 Å². The van der Waals surface area contributed by atoms with Crippen LogP contribution in [0.25, 0.3) is 0 Å². The fraction of sp³-hybridized carbons (Fsp3) is 0.474. The zero-order valence-electron chi connectivity index (χ0n) is 16.5. The number of morpholine rings is 1. The molecule has 1 aromatic carbocycles. The van der Waals surface area contributed by atoms with E-state index in [4.69, 9.17) is 9.47 Å². The van der Waals surface area contributed by atoms with E-state index in [1.807, 2.05) is 26.4 Å². The largest absolute Gasteiger partial charge is 0.492 e. The van der Waals surface area contributed by atoms with E-state index in [2.05, 4.69) is 20.3 Å². The minimum absolute atomic E-state index is 0. The number of benzene rings is 1. The van der Waals surface area contributed by atoms with Gasteiger partial charge in [0.15, 0.2) is 17.6 Å². The molecular formula is C19H26F2IN5O2. The van der Waals surface area contributed by atoms with Crippen LogP contribution in [-0.2, 0) is 11.8 Å². The molecule has 0 radical (unpaired) electrons. The molecule has 0 aliphatic carbocycles. The lowest BCUT2D eigenvalue weighted by atomic mass is 10.1. The number of halogens is 3. The standard InChI is InChI=1S/C19H25F2N5O2.HI/c1-3-22-19(23-6-8-27-15-4-5-16(20)17(21)10-15)26-7-9-28-18(13-26)14-11-24-25(2)12-14;/h4-5,10-12,18H,3,6-9,13H2,1-2H3,(H,22,23);1H. The summed E-state index contributed by atoms with van der Waals surface area (Å²) >= 11 is 0. The van der Waals surface area contributed by atoms with Crippen LogP contribution >= 0.6 is 24.0 Å². The molecular weight excluding hydrogens is 495 g/mol. The molecule has 1 aliphatic rings. The second-order valence-corrected chi connectivity index (χ2v) is 6.41. The van der Waals surface area contributed by atoms with Crippen LogP contribution in [0, 0.1) is 11.6 Å². The molecule has 1 aliphatic heterocycles. The number of ether oxygens (including phenoxy) is 2. The molecule has 1 saturated heterocycles. The Morgan fingerprint density at radius 2 is 2.21 bits per heavy atom. The molecule has 1 unspecified atom stereocenters. The van der Waals surface area contributed by atoms with Crippen LogP contribution in [0.3, 0.4) is 0 Å². The highest BCUT2D eigenvalue weighted by molar-refractivity contribution is 14.0. The van der Waals surface area contributed by atoms with Crippen molar-refractivity contribution in [2.24, 2.45) is 12.0 Å². The summed E-state index contributed by atoms with van der Waals surface area (Å²) in [6.07, 6.45) is 3.70. The molecule has 1 fully saturated rings. The van der Waals surface area contributed by atoms with Crippen LogP contribution in [0.15, 0.2) is 35.6 Å². The molecule has 1 atom stereocenters. The topological polar surface area (TPSA) is 63.9 Å². The maximum Gasteiger partial charge on any atom is 0.194 e. The lowest BCUT2D eigenvalue weighted by molar-refractivity contribution is -0.00805. The zero-order valence-corrected chi connectivity index (χ0v) is 18.8. The summed E-state index contributed by atoms with van der Waals surface area (Å²) in [5.74, 6) is -0.768. The maximum atomic E-state index is 13.2. The van der Waals surface area contributed by atoms with Crippen LogP contribution in [0.5, 0.6) is 5.75 Å². The molecule has 7 nitrogen and oxygen atoms in total. The summed E-state index contributed by atoms with van der Waals surface area (Å²) in [6, 6.07) is 3.48. The van der Waals surface area contributed by atoms with Gasteiger partial charge < -0.3 is 19.7 Å². The number of aliphatic imine (C=N–C) groups is 1. The van der Waals surface area contributed by atoms with E-state index in [0.717, 1.165) is 36.7 Å². The van der Waals surface area contributed by atoms with Gasteiger partial charge in [0.25, 0.3) is 0 Å². The molecule has 0 saturated carbocycles. The third kappa shape index (κ3) is 6.53. The Balaban J connectivity index is 0.00000300. The van der Waals surface area contributed by atoms with Gasteiger partial charge in [-0.2, -0.15) is 5.10 Å². The Kier molecular flexibility index (Phi) is 9.08. The number of nitrogens with one attached hydrogen (secondary N) is 1. The lowest BCUT2D eigenvalue weighted by Crippen LogP contribution is -2.48. The second-order valence-electron chi connectivity index (χ2n) is 6.41. The Labute approximate surface area is 186 Å². The summed E-state index contributed by atoms with van der Waals surface area (Å²) < 4.78 is 39.3. The highest BCUT2D eigenvalue weighted by Crippen LogP contribution is 2.21. The predicted octanol–water partition coefficient (Wildman–Crippen LogP) is 2.73. The van der Waals surface area contributed by atoms with Crippen molar-refractivity contribution in [2.45, 2.75) is 13.0 Å². The van der Waals surface area contributed by atoms with Crippen molar-refractivity contribution in [3.05, 3.63) is 47.8 Å². The number of hydrogen-bond acceptors (Lipinski definition) is 4. The van der Waals surface area contributed by atoms with Gasteiger partial charge in [0, 0.05) is 38.0 Å². The van der Waals surface area contributed by atoms with Gasteiger partial charge in [0.1, 0.15) is 18.5 Å². The summed E-state index contributed by atoms with van der Waals surface area (Å²) in [7, 11) is 1.88. The van der Waals surface area contributed by atoms with Gasteiger partial charge in [-0.15, -0.1) is 24.0 Å². The van der Waals surface area contributed by atoms with E-state index in [9.17, 15) is 8.78 Å². The van der Waals surface area contributed by atoms with Crippen molar-refractivity contribution in [2.75, 3.05) is 39.4 Å². The highest BCUT2D eigenvalue weighted by atomic mass is 127. The molecule has 2 heterocycles. The molecule has 1 N–H and O–H groups in total. The number of aromatic nitrogens is 2. The van der Waals surface area contributed by atoms with Crippen LogP contribution in [0.2, 0.25) is 0 Å². The van der Waals surface area contributed by atoms with E-state index in [-0.39, 0.29) is 42.4 Å². The van der Waals surface area contributed by atoms with Crippen LogP contribution in [-0.4, -0.2) is 60.0 Å². The molecule has 1 aromatic heterocycles. The first-order valence-electron chi connectivity index (χ1n) is 9.28. The number of aryl methyl sites for hydroxylation is 1. The van der Waals surface area contributed by atoms with Gasteiger partial charge in [-0.25, -0.2) is 13.8 Å². The molecule has 29 heavy (non-hydrogen) atoms.